The molecule has 0 saturated heterocycles. The highest BCUT2D eigenvalue weighted by Crippen LogP contribution is 2.22. The number of benzene rings is 2. The Bertz CT molecular complexity index is 1010. The Balaban J connectivity index is 1.83. The van der Waals surface area contributed by atoms with Crippen LogP contribution in [0.3, 0.4) is 0 Å². The van der Waals surface area contributed by atoms with E-state index in [1.165, 1.54) is 11.1 Å². The van der Waals surface area contributed by atoms with Gasteiger partial charge >= 0.3 is 0 Å². The molecule has 0 aliphatic carbocycles. The minimum atomic E-state index is -0.248. The van der Waals surface area contributed by atoms with Crippen LogP contribution in [-0.2, 0) is 0 Å². The van der Waals surface area contributed by atoms with Crippen LogP contribution in [0.25, 0.3) is 5.69 Å². The number of carbonyl (C=O) groups is 1. The van der Waals surface area contributed by atoms with Crippen LogP contribution in [0.2, 0.25) is 0 Å². The Morgan fingerprint density at radius 3 is 2.37 bits per heavy atom. The number of aryl methyl sites for hydroxylation is 3. The van der Waals surface area contributed by atoms with E-state index in [0.717, 1.165) is 27.1 Å². The fourth-order valence-electron chi connectivity index (χ4n) is 3.26. The first kappa shape index (κ1) is 19.1. The average Bonchev–Trinajstić information content (AvgIpc) is 2.88. The van der Waals surface area contributed by atoms with Crippen LogP contribution in [0.1, 0.15) is 38.4 Å². The van der Waals surface area contributed by atoms with Crippen molar-refractivity contribution in [2.45, 2.75) is 27.7 Å². The van der Waals surface area contributed by atoms with Crippen molar-refractivity contribution in [2.24, 2.45) is 5.10 Å². The van der Waals surface area contributed by atoms with Crippen molar-refractivity contribution in [2.75, 3.05) is 0 Å². The molecule has 0 aliphatic heterocycles. The van der Waals surface area contributed by atoms with Crippen molar-refractivity contribution >= 4 is 28.1 Å². The highest BCUT2D eigenvalue weighted by molar-refractivity contribution is 9.10. The summed E-state index contributed by atoms with van der Waals surface area (Å²) >= 11 is 3.38. The smallest absolute Gasteiger partial charge is 0.272 e. The summed E-state index contributed by atoms with van der Waals surface area (Å²) in [7, 11) is 0. The molecule has 1 amide bonds. The second kappa shape index (κ2) is 7.92. The van der Waals surface area contributed by atoms with E-state index in [1.807, 2.05) is 18.2 Å². The molecular formula is C22H22BrN3O. The van der Waals surface area contributed by atoms with Gasteiger partial charge < -0.3 is 4.57 Å². The number of rotatable bonds is 4. The maximum atomic E-state index is 12.2. The van der Waals surface area contributed by atoms with Crippen LogP contribution in [0.5, 0.6) is 0 Å². The molecule has 0 radical (unpaired) electrons. The lowest BCUT2D eigenvalue weighted by Gasteiger charge is -2.11. The van der Waals surface area contributed by atoms with Crippen molar-refractivity contribution < 1.29 is 4.79 Å². The summed E-state index contributed by atoms with van der Waals surface area (Å²) in [5.41, 5.74) is 9.92. The topological polar surface area (TPSA) is 46.4 Å². The van der Waals surface area contributed by atoms with Crippen molar-refractivity contribution in [1.82, 2.24) is 9.99 Å². The van der Waals surface area contributed by atoms with Gasteiger partial charge in [0.05, 0.1) is 11.8 Å². The second-order valence-electron chi connectivity index (χ2n) is 6.69. The minimum Gasteiger partial charge on any atom is -0.318 e. The van der Waals surface area contributed by atoms with E-state index in [-0.39, 0.29) is 5.91 Å². The second-order valence-corrected chi connectivity index (χ2v) is 7.54. The largest absolute Gasteiger partial charge is 0.318 e. The van der Waals surface area contributed by atoms with Crippen LogP contribution in [0, 0.1) is 27.7 Å². The predicted octanol–water partition coefficient (Wildman–Crippen LogP) is 5.24. The molecule has 3 aromatic rings. The van der Waals surface area contributed by atoms with Crippen molar-refractivity contribution in [3.05, 3.63) is 86.6 Å². The molecule has 1 heterocycles. The van der Waals surface area contributed by atoms with Gasteiger partial charge in [0.25, 0.3) is 5.91 Å². The Hall–Kier alpha value is -2.66. The summed E-state index contributed by atoms with van der Waals surface area (Å²) in [5.74, 6) is -0.248. The molecule has 3 rings (SSSR count). The van der Waals surface area contributed by atoms with Gasteiger partial charge in [-0.25, -0.2) is 5.43 Å². The van der Waals surface area contributed by atoms with E-state index < -0.39 is 0 Å². The molecule has 1 N–H and O–H groups in total. The zero-order valence-electron chi connectivity index (χ0n) is 15.9. The van der Waals surface area contributed by atoms with Crippen LogP contribution >= 0.6 is 15.9 Å². The number of hydrazone groups is 1. The summed E-state index contributed by atoms with van der Waals surface area (Å²) < 4.78 is 2.95. The number of nitrogens with zero attached hydrogens (tertiary/aromatic N) is 2. The zero-order chi connectivity index (χ0) is 19.6. The van der Waals surface area contributed by atoms with Gasteiger partial charge in [-0.05, 0) is 85.1 Å². The van der Waals surface area contributed by atoms with Gasteiger partial charge in [-0.15, -0.1) is 0 Å². The molecule has 0 saturated carbocycles. The number of carbonyl (C=O) groups excluding carboxylic acids is 1. The third kappa shape index (κ3) is 4.19. The molecule has 0 unspecified atom stereocenters. The third-order valence-electron chi connectivity index (χ3n) is 4.42. The van der Waals surface area contributed by atoms with E-state index in [9.17, 15) is 4.79 Å². The Kier molecular flexibility index (Phi) is 5.61. The van der Waals surface area contributed by atoms with Gasteiger partial charge in [-0.2, -0.15) is 5.10 Å². The highest BCUT2D eigenvalue weighted by Gasteiger charge is 2.11. The van der Waals surface area contributed by atoms with Crippen molar-refractivity contribution in [3.8, 4) is 5.69 Å². The molecule has 27 heavy (non-hydrogen) atoms. The Morgan fingerprint density at radius 1 is 1.04 bits per heavy atom. The molecule has 0 bridgehead atoms. The Morgan fingerprint density at radius 2 is 1.70 bits per heavy atom. The third-order valence-corrected chi connectivity index (χ3v) is 5.11. The number of halogens is 1. The lowest BCUT2D eigenvalue weighted by atomic mass is 10.1. The first-order chi connectivity index (χ1) is 12.9. The van der Waals surface area contributed by atoms with Crippen LogP contribution < -0.4 is 5.43 Å². The number of nitrogens with one attached hydrogen (secondary N) is 1. The van der Waals surface area contributed by atoms with Crippen molar-refractivity contribution in [1.29, 1.82) is 0 Å². The molecule has 1 aromatic heterocycles. The zero-order valence-corrected chi connectivity index (χ0v) is 17.5. The summed E-state index contributed by atoms with van der Waals surface area (Å²) in [5, 5.41) is 4.14. The number of amides is 1. The molecule has 0 aliphatic rings. The number of hydrogen-bond donors (Lipinski definition) is 1. The van der Waals surface area contributed by atoms with Crippen molar-refractivity contribution in [3.63, 3.8) is 0 Å². The predicted molar refractivity (Wildman–Crippen MR) is 114 cm³/mol. The molecule has 5 heteroatoms. The van der Waals surface area contributed by atoms with Crippen LogP contribution in [0.4, 0.5) is 0 Å². The number of hydrogen-bond acceptors (Lipinski definition) is 2. The first-order valence-electron chi connectivity index (χ1n) is 8.72. The molecular weight excluding hydrogens is 402 g/mol. The quantitative estimate of drug-likeness (QED) is 0.452. The molecule has 4 nitrogen and oxygen atoms in total. The maximum absolute atomic E-state index is 12.2. The van der Waals surface area contributed by atoms with Crippen LogP contribution in [-0.4, -0.2) is 16.7 Å². The van der Waals surface area contributed by atoms with Gasteiger partial charge in [0.1, 0.15) is 0 Å². The standard InChI is InChI=1S/C22H22BrN3O/c1-14-9-15(2)11-19(10-14)26-16(3)12-18(17(26)4)13-24-25-22(27)20-7-5-6-8-21(20)23/h5-13H,1-4H3,(H,25,27)/b24-13-. The molecule has 138 valence electrons. The fraction of sp³-hybridized carbons (Fsp3) is 0.182. The van der Waals surface area contributed by atoms with Gasteiger partial charge in [0.15, 0.2) is 0 Å². The summed E-state index contributed by atoms with van der Waals surface area (Å²) in [6, 6.07) is 15.8. The Labute approximate surface area is 168 Å². The van der Waals surface area contributed by atoms with E-state index in [1.54, 1.807) is 12.3 Å². The van der Waals surface area contributed by atoms with E-state index in [2.05, 4.69) is 83.0 Å². The van der Waals surface area contributed by atoms with Gasteiger partial charge in [-0.3, -0.25) is 4.79 Å². The summed E-state index contributed by atoms with van der Waals surface area (Å²) in [4.78, 5) is 12.2. The maximum Gasteiger partial charge on any atom is 0.272 e. The first-order valence-corrected chi connectivity index (χ1v) is 9.51. The summed E-state index contributed by atoms with van der Waals surface area (Å²) in [6.45, 7) is 8.33. The SMILES string of the molecule is Cc1cc(C)cc(-n2c(C)cc(/C=N\NC(=O)c3ccccc3Br)c2C)c1. The lowest BCUT2D eigenvalue weighted by molar-refractivity contribution is 0.0954. The monoisotopic (exact) mass is 423 g/mol. The lowest BCUT2D eigenvalue weighted by Crippen LogP contribution is -2.18. The van der Waals surface area contributed by atoms with E-state index in [0.29, 0.717) is 5.56 Å². The van der Waals surface area contributed by atoms with Gasteiger partial charge in [0, 0.05) is 27.1 Å². The highest BCUT2D eigenvalue weighted by atomic mass is 79.9. The van der Waals surface area contributed by atoms with Gasteiger partial charge in [0.2, 0.25) is 0 Å². The van der Waals surface area contributed by atoms with E-state index >= 15 is 0 Å². The average molecular weight is 424 g/mol. The van der Waals surface area contributed by atoms with Gasteiger partial charge in [-0.1, -0.05) is 18.2 Å². The molecule has 2 aromatic carbocycles. The minimum absolute atomic E-state index is 0.248. The number of aromatic nitrogens is 1. The molecule has 0 spiro atoms. The van der Waals surface area contributed by atoms with Crippen LogP contribution in [0.15, 0.2) is 58.1 Å². The fourth-order valence-corrected chi connectivity index (χ4v) is 3.73. The molecule has 0 atom stereocenters. The normalized spacial score (nSPS) is 11.1. The van der Waals surface area contributed by atoms with E-state index in [4.69, 9.17) is 0 Å². The molecule has 0 fully saturated rings. The summed E-state index contributed by atoms with van der Waals surface area (Å²) in [6.07, 6.45) is 1.69.